The predicted octanol–water partition coefficient (Wildman–Crippen LogP) is 5.04. The Bertz CT molecular complexity index is 807. The van der Waals surface area contributed by atoms with Crippen LogP contribution < -0.4 is 5.32 Å². The molecule has 2 rings (SSSR count). The Balaban J connectivity index is 2.49. The van der Waals surface area contributed by atoms with E-state index in [1.807, 2.05) is 27.7 Å². The Labute approximate surface area is 180 Å². The topological polar surface area (TPSA) is 80.9 Å². The number of nitrogens with one attached hydrogen (secondary N) is 1. The molecule has 1 aromatic heterocycles. The smallest absolute Gasteiger partial charge is 0.335 e. The van der Waals surface area contributed by atoms with Crippen molar-refractivity contribution in [2.45, 2.75) is 79.9 Å². The number of ether oxygens (including phenoxy) is 1. The van der Waals surface area contributed by atoms with E-state index in [0.29, 0.717) is 23.6 Å². The monoisotopic (exact) mass is 416 g/mol. The van der Waals surface area contributed by atoms with Gasteiger partial charge in [0, 0.05) is 11.1 Å². The Morgan fingerprint density at radius 2 is 1.93 bits per heavy atom. The first-order valence-corrected chi connectivity index (χ1v) is 11.0. The second-order valence-electron chi connectivity index (χ2n) is 8.83. The van der Waals surface area contributed by atoms with Gasteiger partial charge >= 0.3 is 5.97 Å². The van der Waals surface area contributed by atoms with Crippen molar-refractivity contribution in [2.24, 2.45) is 22.7 Å². The average Bonchev–Trinajstić information content (AvgIpc) is 3.33. The molecule has 3 unspecified atom stereocenters. The Hall–Kier alpha value is -2.37. The lowest BCUT2D eigenvalue weighted by Crippen LogP contribution is -2.42. The number of rotatable bonds is 10. The van der Waals surface area contributed by atoms with Crippen LogP contribution in [0.15, 0.2) is 39.0 Å². The van der Waals surface area contributed by atoms with E-state index in [0.717, 1.165) is 18.4 Å². The fourth-order valence-electron chi connectivity index (χ4n) is 3.60. The molecule has 1 aromatic rings. The summed E-state index contributed by atoms with van der Waals surface area (Å²) >= 11 is 0. The maximum Gasteiger partial charge on any atom is 0.335 e. The van der Waals surface area contributed by atoms with Crippen LogP contribution >= 0.6 is 0 Å². The van der Waals surface area contributed by atoms with Gasteiger partial charge < -0.3 is 14.5 Å². The zero-order valence-electron chi connectivity index (χ0n) is 19.4. The Morgan fingerprint density at radius 3 is 2.47 bits per heavy atom. The molecule has 0 radical (unpaired) electrons. The van der Waals surface area contributed by atoms with E-state index in [1.165, 1.54) is 0 Å². The van der Waals surface area contributed by atoms with Crippen LogP contribution in [0.2, 0.25) is 0 Å². The van der Waals surface area contributed by atoms with Crippen LogP contribution in [0.5, 0.6) is 0 Å². The first-order chi connectivity index (χ1) is 14.1. The van der Waals surface area contributed by atoms with Crippen LogP contribution in [0.4, 0.5) is 0 Å². The summed E-state index contributed by atoms with van der Waals surface area (Å²) in [4.78, 5) is 30.8. The molecule has 0 aromatic carbocycles. The molecular weight excluding hydrogens is 380 g/mol. The summed E-state index contributed by atoms with van der Waals surface area (Å²) in [6.07, 6.45) is 3.80. The fourth-order valence-corrected chi connectivity index (χ4v) is 3.60. The van der Waals surface area contributed by atoms with E-state index < -0.39 is 5.54 Å². The van der Waals surface area contributed by atoms with E-state index in [2.05, 4.69) is 26.1 Å². The van der Waals surface area contributed by atoms with Crippen LogP contribution in [-0.2, 0) is 20.9 Å². The SMILES string of the molecule is CCC(C)C(C(=O)OCc1ccco1)=C(CC(C)C)C1=NC(C)(C(C)CC)C(=O)N1. The summed E-state index contributed by atoms with van der Waals surface area (Å²) in [5, 5.41) is 2.98. The van der Waals surface area contributed by atoms with Crippen molar-refractivity contribution in [1.29, 1.82) is 0 Å². The van der Waals surface area contributed by atoms with E-state index in [-0.39, 0.29) is 36.2 Å². The van der Waals surface area contributed by atoms with Crippen molar-refractivity contribution in [3.8, 4) is 0 Å². The number of hydrogen-bond acceptors (Lipinski definition) is 5. The minimum absolute atomic E-state index is 0.0297. The molecule has 0 aliphatic carbocycles. The van der Waals surface area contributed by atoms with Gasteiger partial charge in [0.25, 0.3) is 5.91 Å². The molecule has 30 heavy (non-hydrogen) atoms. The highest BCUT2D eigenvalue weighted by Crippen LogP contribution is 2.33. The zero-order valence-corrected chi connectivity index (χ0v) is 19.4. The lowest BCUT2D eigenvalue weighted by Gasteiger charge is -2.24. The molecule has 6 nitrogen and oxygen atoms in total. The summed E-state index contributed by atoms with van der Waals surface area (Å²) in [5.74, 6) is 0.957. The number of esters is 1. The Kier molecular flexibility index (Phi) is 8.04. The highest BCUT2D eigenvalue weighted by Gasteiger charge is 2.44. The fraction of sp³-hybridized carbons (Fsp3) is 0.625. The van der Waals surface area contributed by atoms with Crippen molar-refractivity contribution in [3.63, 3.8) is 0 Å². The number of nitrogens with zero attached hydrogens (tertiary/aromatic N) is 1. The normalized spacial score (nSPS) is 21.7. The van der Waals surface area contributed by atoms with Crippen LogP contribution in [0, 0.1) is 17.8 Å². The average molecular weight is 417 g/mol. The van der Waals surface area contributed by atoms with Crippen molar-refractivity contribution < 1.29 is 18.7 Å². The number of amidine groups is 1. The van der Waals surface area contributed by atoms with Crippen LogP contribution in [0.1, 0.15) is 73.5 Å². The predicted molar refractivity (Wildman–Crippen MR) is 118 cm³/mol. The molecule has 0 spiro atoms. The summed E-state index contributed by atoms with van der Waals surface area (Å²) in [7, 11) is 0. The van der Waals surface area contributed by atoms with Gasteiger partial charge in [-0.05, 0) is 49.7 Å². The molecule has 0 saturated carbocycles. The van der Waals surface area contributed by atoms with Gasteiger partial charge in [-0.2, -0.15) is 0 Å². The van der Waals surface area contributed by atoms with Gasteiger partial charge in [-0.1, -0.05) is 48.0 Å². The second kappa shape index (κ2) is 10.1. The number of aliphatic imine (C=N–C) groups is 1. The third-order valence-corrected chi connectivity index (χ3v) is 6.08. The van der Waals surface area contributed by atoms with Gasteiger partial charge in [-0.15, -0.1) is 0 Å². The molecule has 3 atom stereocenters. The quantitative estimate of drug-likeness (QED) is 0.428. The van der Waals surface area contributed by atoms with Gasteiger partial charge in [0.1, 0.15) is 23.7 Å². The number of hydrogen-bond donors (Lipinski definition) is 1. The highest BCUT2D eigenvalue weighted by molar-refractivity contribution is 6.17. The molecule has 166 valence electrons. The summed E-state index contributed by atoms with van der Waals surface area (Å²) < 4.78 is 10.9. The molecule has 2 heterocycles. The highest BCUT2D eigenvalue weighted by atomic mass is 16.5. The summed E-state index contributed by atoms with van der Waals surface area (Å²) in [5.41, 5.74) is 0.541. The van der Waals surface area contributed by atoms with Crippen LogP contribution in [0.25, 0.3) is 0 Å². The molecule has 6 heteroatoms. The molecule has 0 bridgehead atoms. The number of carbonyl (C=O) groups excluding carboxylic acids is 2. The maximum atomic E-state index is 13.2. The standard InChI is InChI=1S/C24H36N2O4/c1-8-16(5)20(22(27)30-14-18-11-10-12-29-18)19(13-15(3)4)21-25-23(28)24(7,26-21)17(6)9-2/h10-12,15-17H,8-9,13-14H2,1-7H3,(H,25,26,28). The van der Waals surface area contributed by atoms with Crippen molar-refractivity contribution in [1.82, 2.24) is 5.32 Å². The van der Waals surface area contributed by atoms with Crippen LogP contribution in [-0.4, -0.2) is 23.3 Å². The minimum atomic E-state index is -0.828. The molecule has 0 fully saturated rings. The lowest BCUT2D eigenvalue weighted by atomic mass is 9.85. The number of carbonyl (C=O) groups is 2. The molecule has 1 amide bonds. The van der Waals surface area contributed by atoms with Gasteiger partial charge in [-0.3, -0.25) is 9.79 Å². The Morgan fingerprint density at radius 1 is 1.23 bits per heavy atom. The van der Waals surface area contributed by atoms with Gasteiger partial charge in [-0.25, -0.2) is 4.79 Å². The van der Waals surface area contributed by atoms with Crippen LogP contribution in [0.3, 0.4) is 0 Å². The largest absolute Gasteiger partial charge is 0.466 e. The zero-order chi connectivity index (χ0) is 22.5. The van der Waals surface area contributed by atoms with Gasteiger partial charge in [0.05, 0.1) is 6.26 Å². The molecule has 1 N–H and O–H groups in total. The third kappa shape index (κ3) is 5.21. The number of furan rings is 1. The van der Waals surface area contributed by atoms with E-state index >= 15 is 0 Å². The lowest BCUT2D eigenvalue weighted by molar-refractivity contribution is -0.141. The molecule has 1 aliphatic rings. The molecular formula is C24H36N2O4. The van der Waals surface area contributed by atoms with Gasteiger partial charge in [0.2, 0.25) is 0 Å². The van der Waals surface area contributed by atoms with Crippen molar-refractivity contribution in [2.75, 3.05) is 0 Å². The first-order valence-electron chi connectivity index (χ1n) is 11.0. The minimum Gasteiger partial charge on any atom is -0.466 e. The maximum absolute atomic E-state index is 13.2. The van der Waals surface area contributed by atoms with E-state index in [1.54, 1.807) is 18.4 Å². The summed E-state index contributed by atoms with van der Waals surface area (Å²) in [6, 6.07) is 3.53. The summed E-state index contributed by atoms with van der Waals surface area (Å²) in [6.45, 7) is 14.3. The molecule has 1 aliphatic heterocycles. The van der Waals surface area contributed by atoms with Crippen molar-refractivity contribution in [3.05, 3.63) is 35.3 Å². The van der Waals surface area contributed by atoms with E-state index in [9.17, 15) is 9.59 Å². The third-order valence-electron chi connectivity index (χ3n) is 6.08. The van der Waals surface area contributed by atoms with E-state index in [4.69, 9.17) is 14.1 Å². The number of amides is 1. The van der Waals surface area contributed by atoms with Crippen molar-refractivity contribution >= 4 is 17.7 Å². The second-order valence-corrected chi connectivity index (χ2v) is 8.83. The molecule has 0 saturated heterocycles. The van der Waals surface area contributed by atoms with Gasteiger partial charge in [0.15, 0.2) is 0 Å². The first kappa shape index (κ1) is 23.9.